The van der Waals surface area contributed by atoms with Gasteiger partial charge in [-0.1, -0.05) is 36.8 Å². The van der Waals surface area contributed by atoms with Crippen LogP contribution in [0.1, 0.15) is 41.6 Å². The summed E-state index contributed by atoms with van der Waals surface area (Å²) in [6.07, 6.45) is 4.48. The maximum Gasteiger partial charge on any atom is 0.255 e. The van der Waals surface area contributed by atoms with Crippen molar-refractivity contribution in [1.82, 2.24) is 4.90 Å². The van der Waals surface area contributed by atoms with E-state index in [1.807, 2.05) is 54.6 Å². The minimum absolute atomic E-state index is 0.0890. The van der Waals surface area contributed by atoms with E-state index in [0.29, 0.717) is 11.6 Å². The zero-order valence-electron chi connectivity index (χ0n) is 14.5. The summed E-state index contributed by atoms with van der Waals surface area (Å²) in [4.78, 5) is 14.8. The fourth-order valence-corrected chi connectivity index (χ4v) is 3.46. The van der Waals surface area contributed by atoms with Crippen LogP contribution in [-0.4, -0.2) is 35.1 Å². The van der Waals surface area contributed by atoms with Crippen LogP contribution < -0.4 is 5.32 Å². The van der Waals surface area contributed by atoms with Crippen LogP contribution in [0.2, 0.25) is 0 Å². The molecule has 132 valence electrons. The maximum atomic E-state index is 12.3. The second-order valence-electron chi connectivity index (χ2n) is 6.65. The van der Waals surface area contributed by atoms with Crippen LogP contribution in [0.15, 0.2) is 54.6 Å². The lowest BCUT2D eigenvalue weighted by Crippen LogP contribution is -2.39. The molecule has 2 aromatic carbocycles. The number of hydrogen-bond acceptors (Lipinski definition) is 3. The van der Waals surface area contributed by atoms with Crippen LogP contribution in [0.4, 0.5) is 5.69 Å². The molecule has 0 bridgehead atoms. The van der Waals surface area contributed by atoms with Gasteiger partial charge in [-0.25, -0.2) is 0 Å². The molecule has 4 nitrogen and oxygen atoms in total. The second-order valence-corrected chi connectivity index (χ2v) is 6.65. The van der Waals surface area contributed by atoms with Crippen molar-refractivity contribution >= 4 is 11.6 Å². The van der Waals surface area contributed by atoms with Gasteiger partial charge in [-0.05, 0) is 55.6 Å². The van der Waals surface area contributed by atoms with Crippen LogP contribution in [0, 0.1) is 0 Å². The van der Waals surface area contributed by atoms with Crippen molar-refractivity contribution in [3.63, 3.8) is 0 Å². The van der Waals surface area contributed by atoms with Crippen molar-refractivity contribution in [3.8, 4) is 0 Å². The molecule has 2 N–H and O–H groups in total. The molecular weight excluding hydrogens is 312 g/mol. The molecule has 0 aromatic heterocycles. The molecule has 0 radical (unpaired) electrons. The van der Waals surface area contributed by atoms with E-state index in [0.717, 1.165) is 31.6 Å². The van der Waals surface area contributed by atoms with E-state index in [9.17, 15) is 9.90 Å². The molecule has 1 unspecified atom stereocenters. The van der Waals surface area contributed by atoms with Crippen LogP contribution in [-0.2, 0) is 6.54 Å². The number of para-hydroxylation sites is 1. The van der Waals surface area contributed by atoms with E-state index < -0.39 is 0 Å². The molecule has 1 atom stereocenters. The lowest BCUT2D eigenvalue weighted by atomic mass is 9.98. The molecule has 0 saturated carbocycles. The van der Waals surface area contributed by atoms with Gasteiger partial charge in [0.05, 0.1) is 0 Å². The van der Waals surface area contributed by atoms with Gasteiger partial charge in [0.15, 0.2) is 0 Å². The Kier molecular flexibility index (Phi) is 6.20. The normalized spacial score (nSPS) is 18.0. The van der Waals surface area contributed by atoms with Gasteiger partial charge < -0.3 is 10.4 Å². The van der Waals surface area contributed by atoms with Crippen molar-refractivity contribution in [2.45, 2.75) is 38.3 Å². The SMILES string of the molecule is O=C(Nc1ccccc1)c1ccc(CN2CCCCC2CCO)cc1. The van der Waals surface area contributed by atoms with Gasteiger partial charge in [0, 0.05) is 30.4 Å². The lowest BCUT2D eigenvalue weighted by molar-refractivity contribution is 0.102. The Morgan fingerprint density at radius 3 is 2.56 bits per heavy atom. The number of nitrogens with zero attached hydrogens (tertiary/aromatic N) is 1. The zero-order valence-corrected chi connectivity index (χ0v) is 14.5. The third-order valence-electron chi connectivity index (χ3n) is 4.84. The molecule has 0 aliphatic carbocycles. The molecule has 4 heteroatoms. The smallest absolute Gasteiger partial charge is 0.255 e. The van der Waals surface area contributed by atoms with E-state index in [1.165, 1.54) is 18.4 Å². The van der Waals surface area contributed by atoms with E-state index >= 15 is 0 Å². The van der Waals surface area contributed by atoms with Crippen molar-refractivity contribution in [2.75, 3.05) is 18.5 Å². The fraction of sp³-hybridized carbons (Fsp3) is 0.381. The Hall–Kier alpha value is -2.17. The van der Waals surface area contributed by atoms with Crippen molar-refractivity contribution in [1.29, 1.82) is 0 Å². The summed E-state index contributed by atoms with van der Waals surface area (Å²) in [7, 11) is 0. The Morgan fingerprint density at radius 2 is 1.84 bits per heavy atom. The summed E-state index contributed by atoms with van der Waals surface area (Å²) in [5, 5.41) is 12.2. The highest BCUT2D eigenvalue weighted by Gasteiger charge is 2.21. The number of aliphatic hydroxyl groups is 1. The quantitative estimate of drug-likeness (QED) is 0.845. The number of carbonyl (C=O) groups excluding carboxylic acids is 1. The molecule has 1 aliphatic heterocycles. The van der Waals surface area contributed by atoms with Crippen LogP contribution in [0.3, 0.4) is 0 Å². The number of anilines is 1. The first kappa shape index (κ1) is 17.6. The van der Waals surface area contributed by atoms with Gasteiger partial charge in [-0.3, -0.25) is 9.69 Å². The largest absolute Gasteiger partial charge is 0.396 e. The van der Waals surface area contributed by atoms with Gasteiger partial charge in [0.1, 0.15) is 0 Å². The standard InChI is InChI=1S/C21H26N2O2/c24-15-13-20-8-4-5-14-23(20)16-17-9-11-18(12-10-17)21(25)22-19-6-2-1-3-7-19/h1-3,6-7,9-12,20,24H,4-5,8,13-16H2,(H,22,25). The Balaban J connectivity index is 1.60. The first-order chi connectivity index (χ1) is 12.3. The summed E-state index contributed by atoms with van der Waals surface area (Å²) in [5.41, 5.74) is 2.68. The Morgan fingerprint density at radius 1 is 1.08 bits per heavy atom. The summed E-state index contributed by atoms with van der Waals surface area (Å²) >= 11 is 0. The maximum absolute atomic E-state index is 12.3. The van der Waals surface area contributed by atoms with Gasteiger partial charge >= 0.3 is 0 Å². The predicted molar refractivity (Wildman–Crippen MR) is 101 cm³/mol. The van der Waals surface area contributed by atoms with Gasteiger partial charge in [-0.15, -0.1) is 0 Å². The average Bonchev–Trinajstić information content (AvgIpc) is 2.65. The minimum atomic E-state index is -0.0890. The number of hydrogen-bond donors (Lipinski definition) is 2. The summed E-state index contributed by atoms with van der Waals surface area (Å²) in [6, 6.07) is 17.8. The lowest BCUT2D eigenvalue weighted by Gasteiger charge is -2.35. The van der Waals surface area contributed by atoms with Crippen molar-refractivity contribution in [2.24, 2.45) is 0 Å². The summed E-state index contributed by atoms with van der Waals surface area (Å²) in [6.45, 7) is 2.21. The Bertz CT molecular complexity index is 668. The molecule has 1 aliphatic rings. The third-order valence-corrected chi connectivity index (χ3v) is 4.84. The molecule has 1 heterocycles. The number of nitrogens with one attached hydrogen (secondary N) is 1. The zero-order chi connectivity index (χ0) is 17.5. The number of aliphatic hydroxyl groups excluding tert-OH is 1. The topological polar surface area (TPSA) is 52.6 Å². The highest BCUT2D eigenvalue weighted by Crippen LogP contribution is 2.22. The van der Waals surface area contributed by atoms with E-state index in [-0.39, 0.29) is 12.5 Å². The molecule has 0 spiro atoms. The van der Waals surface area contributed by atoms with Crippen molar-refractivity contribution in [3.05, 3.63) is 65.7 Å². The molecule has 25 heavy (non-hydrogen) atoms. The van der Waals surface area contributed by atoms with Crippen LogP contribution in [0.5, 0.6) is 0 Å². The molecular formula is C21H26N2O2. The molecule has 1 amide bonds. The molecule has 2 aromatic rings. The van der Waals surface area contributed by atoms with E-state index in [1.54, 1.807) is 0 Å². The van der Waals surface area contributed by atoms with Gasteiger partial charge in [-0.2, -0.15) is 0 Å². The molecule has 3 rings (SSSR count). The first-order valence-corrected chi connectivity index (χ1v) is 9.06. The predicted octanol–water partition coefficient (Wildman–Crippen LogP) is 3.68. The summed E-state index contributed by atoms with van der Waals surface area (Å²) < 4.78 is 0. The third kappa shape index (κ3) is 4.91. The van der Waals surface area contributed by atoms with E-state index in [2.05, 4.69) is 10.2 Å². The highest BCUT2D eigenvalue weighted by atomic mass is 16.3. The Labute approximate surface area is 149 Å². The molecule has 1 saturated heterocycles. The number of likely N-dealkylation sites (tertiary alicyclic amines) is 1. The highest BCUT2D eigenvalue weighted by molar-refractivity contribution is 6.04. The fourth-order valence-electron chi connectivity index (χ4n) is 3.46. The number of amides is 1. The summed E-state index contributed by atoms with van der Waals surface area (Å²) in [5.74, 6) is -0.0890. The van der Waals surface area contributed by atoms with Crippen LogP contribution in [0.25, 0.3) is 0 Å². The number of carbonyl (C=O) groups is 1. The van der Waals surface area contributed by atoms with Crippen molar-refractivity contribution < 1.29 is 9.90 Å². The number of piperidine rings is 1. The monoisotopic (exact) mass is 338 g/mol. The van der Waals surface area contributed by atoms with Gasteiger partial charge in [0.2, 0.25) is 0 Å². The first-order valence-electron chi connectivity index (χ1n) is 9.06. The van der Waals surface area contributed by atoms with E-state index in [4.69, 9.17) is 0 Å². The van der Waals surface area contributed by atoms with Gasteiger partial charge in [0.25, 0.3) is 5.91 Å². The van der Waals surface area contributed by atoms with Crippen LogP contribution >= 0.6 is 0 Å². The minimum Gasteiger partial charge on any atom is -0.396 e. The number of benzene rings is 2. The average molecular weight is 338 g/mol. The molecule has 1 fully saturated rings. The number of rotatable bonds is 6. The second kappa shape index (κ2) is 8.79.